The molecule has 0 spiro atoms. The van der Waals surface area contributed by atoms with Crippen LogP contribution in [0, 0.1) is 5.41 Å². The molecule has 5 nitrogen and oxygen atoms in total. The average molecular weight is 247 g/mol. The molecule has 0 saturated heterocycles. The largest absolute Gasteiger partial charge is 0.356 e. The molecule has 2 aromatic heterocycles. The molecular weight excluding hydrogens is 226 g/mol. The molecule has 0 fully saturated rings. The number of nitrogens with zero attached hydrogens (tertiary/aromatic N) is 5. The number of hydrogen-bond acceptors (Lipinski definition) is 4. The molecule has 5 heteroatoms. The van der Waals surface area contributed by atoms with Gasteiger partial charge in [0.05, 0.1) is 11.6 Å². The molecule has 2 rings (SSSR count). The molecule has 2 aromatic rings. The van der Waals surface area contributed by atoms with E-state index >= 15 is 0 Å². The molecule has 0 bridgehead atoms. The maximum Gasteiger partial charge on any atom is 0.163 e. The molecule has 0 aromatic carbocycles. The number of rotatable bonds is 3. The fraction of sp³-hybridized carbons (Fsp3) is 0.615. The predicted molar refractivity (Wildman–Crippen MR) is 73.6 cm³/mol. The summed E-state index contributed by atoms with van der Waals surface area (Å²) < 4.78 is 1.78. The van der Waals surface area contributed by atoms with Crippen molar-refractivity contribution < 1.29 is 0 Å². The summed E-state index contributed by atoms with van der Waals surface area (Å²) in [5.41, 5.74) is 1.11. The van der Waals surface area contributed by atoms with Crippen LogP contribution in [0.1, 0.15) is 27.7 Å². The van der Waals surface area contributed by atoms with Gasteiger partial charge in [0.25, 0.3) is 0 Å². The summed E-state index contributed by atoms with van der Waals surface area (Å²) in [6.07, 6.45) is 3.46. The van der Waals surface area contributed by atoms with Crippen LogP contribution in [0.15, 0.2) is 12.5 Å². The van der Waals surface area contributed by atoms with Gasteiger partial charge in [-0.2, -0.15) is 5.10 Å². The summed E-state index contributed by atoms with van der Waals surface area (Å²) in [4.78, 5) is 11.0. The number of aromatic nitrogens is 4. The molecule has 98 valence electrons. The lowest BCUT2D eigenvalue weighted by molar-refractivity contribution is 0.411. The van der Waals surface area contributed by atoms with Crippen LogP contribution in [0.5, 0.6) is 0 Å². The Hall–Kier alpha value is -1.65. The van der Waals surface area contributed by atoms with Crippen molar-refractivity contribution in [2.75, 3.05) is 18.0 Å². The van der Waals surface area contributed by atoms with Crippen LogP contribution in [0.25, 0.3) is 11.0 Å². The van der Waals surface area contributed by atoms with Crippen molar-refractivity contribution in [1.82, 2.24) is 19.7 Å². The molecule has 0 saturated carbocycles. The van der Waals surface area contributed by atoms with Gasteiger partial charge in [-0.15, -0.1) is 0 Å². The summed E-state index contributed by atoms with van der Waals surface area (Å²) >= 11 is 0. The highest BCUT2D eigenvalue weighted by atomic mass is 15.3. The summed E-state index contributed by atoms with van der Waals surface area (Å²) in [6, 6.07) is 0. The van der Waals surface area contributed by atoms with Crippen molar-refractivity contribution in [3.8, 4) is 0 Å². The summed E-state index contributed by atoms with van der Waals surface area (Å²) in [5.74, 6) is 0.977. The minimum Gasteiger partial charge on any atom is -0.356 e. The quantitative estimate of drug-likeness (QED) is 0.834. The van der Waals surface area contributed by atoms with E-state index < -0.39 is 0 Å². The fourth-order valence-corrected chi connectivity index (χ4v) is 2.11. The smallest absolute Gasteiger partial charge is 0.163 e. The first-order valence-corrected chi connectivity index (χ1v) is 6.30. The van der Waals surface area contributed by atoms with E-state index in [1.54, 1.807) is 11.0 Å². The lowest BCUT2D eigenvalue weighted by atomic mass is 9.96. The van der Waals surface area contributed by atoms with Crippen LogP contribution in [-0.4, -0.2) is 32.8 Å². The highest BCUT2D eigenvalue weighted by molar-refractivity contribution is 5.86. The van der Waals surface area contributed by atoms with Crippen LogP contribution in [0.4, 0.5) is 5.82 Å². The first-order chi connectivity index (χ1) is 8.42. The van der Waals surface area contributed by atoms with Gasteiger partial charge >= 0.3 is 0 Å². The third-order valence-corrected chi connectivity index (χ3v) is 2.85. The Balaban J connectivity index is 2.45. The van der Waals surface area contributed by atoms with Crippen molar-refractivity contribution >= 4 is 16.9 Å². The van der Waals surface area contributed by atoms with E-state index in [0.717, 1.165) is 29.9 Å². The minimum atomic E-state index is 0.232. The van der Waals surface area contributed by atoms with E-state index in [1.165, 1.54) is 0 Å². The summed E-state index contributed by atoms with van der Waals surface area (Å²) in [5, 5.41) is 5.28. The molecule has 18 heavy (non-hydrogen) atoms. The fourth-order valence-electron chi connectivity index (χ4n) is 2.11. The maximum absolute atomic E-state index is 4.44. The van der Waals surface area contributed by atoms with Crippen LogP contribution in [-0.2, 0) is 7.05 Å². The Morgan fingerprint density at radius 2 is 2.00 bits per heavy atom. The van der Waals surface area contributed by atoms with Crippen LogP contribution in [0.2, 0.25) is 0 Å². The minimum absolute atomic E-state index is 0.232. The summed E-state index contributed by atoms with van der Waals surface area (Å²) in [7, 11) is 1.90. The second kappa shape index (κ2) is 4.55. The van der Waals surface area contributed by atoms with Gasteiger partial charge in [-0.25, -0.2) is 9.97 Å². The average Bonchev–Trinajstić information content (AvgIpc) is 2.67. The standard InChI is InChI=1S/C13H21N5/c1-6-18(8-13(2,3)4)12-10-7-16-17(5)11(10)14-9-15-12/h7,9H,6,8H2,1-5H3. The normalized spacial score (nSPS) is 12.1. The third kappa shape index (κ3) is 2.44. The monoisotopic (exact) mass is 247 g/mol. The molecule has 0 atom stereocenters. The molecular formula is C13H21N5. The predicted octanol–water partition coefficient (Wildman–Crippen LogP) is 2.24. The first kappa shape index (κ1) is 12.8. The van der Waals surface area contributed by atoms with Gasteiger partial charge in [-0.05, 0) is 12.3 Å². The number of aryl methyl sites for hydroxylation is 1. The van der Waals surface area contributed by atoms with Crippen molar-refractivity contribution in [1.29, 1.82) is 0 Å². The zero-order valence-corrected chi connectivity index (χ0v) is 11.8. The highest BCUT2D eigenvalue weighted by Crippen LogP contribution is 2.25. The van der Waals surface area contributed by atoms with Gasteiger partial charge in [-0.3, -0.25) is 4.68 Å². The molecule has 0 aliphatic carbocycles. The lowest BCUT2D eigenvalue weighted by Crippen LogP contribution is -2.33. The van der Waals surface area contributed by atoms with Gasteiger partial charge < -0.3 is 4.90 Å². The third-order valence-electron chi connectivity index (χ3n) is 2.85. The number of hydrogen-bond donors (Lipinski definition) is 0. The van der Waals surface area contributed by atoms with Crippen molar-refractivity contribution in [3.05, 3.63) is 12.5 Å². The van der Waals surface area contributed by atoms with Crippen molar-refractivity contribution in [2.45, 2.75) is 27.7 Å². The molecule has 0 aliphatic rings. The molecule has 2 heterocycles. The van der Waals surface area contributed by atoms with Crippen molar-refractivity contribution in [3.63, 3.8) is 0 Å². The SMILES string of the molecule is CCN(CC(C)(C)C)c1ncnc2c1cnn2C. The van der Waals surface area contributed by atoms with Crippen LogP contribution < -0.4 is 4.90 Å². The molecule has 0 aliphatic heterocycles. The zero-order chi connectivity index (χ0) is 13.3. The van der Waals surface area contributed by atoms with E-state index in [1.807, 2.05) is 13.2 Å². The Kier molecular flexibility index (Phi) is 3.24. The lowest BCUT2D eigenvalue weighted by Gasteiger charge is -2.30. The topological polar surface area (TPSA) is 46.8 Å². The van der Waals surface area contributed by atoms with E-state index in [9.17, 15) is 0 Å². The Labute approximate surface area is 108 Å². The van der Waals surface area contributed by atoms with Gasteiger partial charge in [0.15, 0.2) is 5.65 Å². The second-order valence-electron chi connectivity index (χ2n) is 5.78. The Morgan fingerprint density at radius 1 is 1.28 bits per heavy atom. The molecule has 0 radical (unpaired) electrons. The highest BCUT2D eigenvalue weighted by Gasteiger charge is 2.19. The van der Waals surface area contributed by atoms with Gasteiger partial charge in [0, 0.05) is 20.1 Å². The molecule has 0 amide bonds. The van der Waals surface area contributed by atoms with E-state index in [4.69, 9.17) is 0 Å². The van der Waals surface area contributed by atoms with Gasteiger partial charge in [-0.1, -0.05) is 20.8 Å². The Morgan fingerprint density at radius 3 is 2.61 bits per heavy atom. The molecule has 0 unspecified atom stereocenters. The second-order valence-corrected chi connectivity index (χ2v) is 5.78. The van der Waals surface area contributed by atoms with Crippen LogP contribution in [0.3, 0.4) is 0 Å². The zero-order valence-electron chi connectivity index (χ0n) is 11.8. The number of anilines is 1. The van der Waals surface area contributed by atoms with E-state index in [0.29, 0.717) is 0 Å². The maximum atomic E-state index is 4.44. The first-order valence-electron chi connectivity index (χ1n) is 6.30. The molecule has 0 N–H and O–H groups in total. The van der Waals surface area contributed by atoms with Gasteiger partial charge in [0.1, 0.15) is 12.1 Å². The van der Waals surface area contributed by atoms with Crippen molar-refractivity contribution in [2.24, 2.45) is 12.5 Å². The summed E-state index contributed by atoms with van der Waals surface area (Å²) in [6.45, 7) is 10.7. The Bertz CT molecular complexity index is 538. The number of fused-ring (bicyclic) bond motifs is 1. The van der Waals surface area contributed by atoms with E-state index in [2.05, 4.69) is 47.7 Å². The van der Waals surface area contributed by atoms with Crippen LogP contribution >= 0.6 is 0 Å². The van der Waals surface area contributed by atoms with E-state index in [-0.39, 0.29) is 5.41 Å². The van der Waals surface area contributed by atoms with Gasteiger partial charge in [0.2, 0.25) is 0 Å².